The Kier molecular flexibility index (Phi) is 3.17. The minimum absolute atomic E-state index is 0.330. The third kappa shape index (κ3) is 2.18. The van der Waals surface area contributed by atoms with E-state index in [0.717, 1.165) is 37.5 Å². The van der Waals surface area contributed by atoms with E-state index in [-0.39, 0.29) is 5.82 Å². The van der Waals surface area contributed by atoms with Crippen LogP contribution in [-0.4, -0.2) is 24.7 Å². The van der Waals surface area contributed by atoms with Crippen LogP contribution >= 0.6 is 0 Å². The summed E-state index contributed by atoms with van der Waals surface area (Å²) in [5.41, 5.74) is 0.584. The van der Waals surface area contributed by atoms with E-state index in [1.165, 1.54) is 12.4 Å². The quantitative estimate of drug-likeness (QED) is 0.803. The molecule has 0 fully saturated rings. The summed E-state index contributed by atoms with van der Waals surface area (Å²) in [7, 11) is 0. The van der Waals surface area contributed by atoms with Gasteiger partial charge >= 0.3 is 0 Å². The van der Waals surface area contributed by atoms with Gasteiger partial charge in [0.25, 0.3) is 0 Å². The van der Waals surface area contributed by atoms with Crippen molar-refractivity contribution >= 4 is 16.7 Å². The number of nitrogens with one attached hydrogen (secondary N) is 1. The van der Waals surface area contributed by atoms with Gasteiger partial charge in [-0.1, -0.05) is 6.07 Å². The zero-order valence-electron chi connectivity index (χ0n) is 12.0. The monoisotopic (exact) mass is 298 g/mol. The fourth-order valence-electron chi connectivity index (χ4n) is 2.86. The molecule has 0 atom stereocenters. The molecule has 6 nitrogen and oxygen atoms in total. The number of benzene rings is 1. The molecular weight excluding hydrogens is 283 g/mol. The lowest BCUT2D eigenvalue weighted by molar-refractivity contribution is 0.509. The van der Waals surface area contributed by atoms with Gasteiger partial charge in [-0.25, -0.2) is 14.4 Å². The van der Waals surface area contributed by atoms with Crippen LogP contribution in [0.4, 0.5) is 10.2 Å². The Morgan fingerprint density at radius 3 is 3.09 bits per heavy atom. The number of hydrogen-bond donors (Lipinski definition) is 1. The second kappa shape index (κ2) is 5.32. The predicted octanol–water partition coefficient (Wildman–Crippen LogP) is 2.31. The molecule has 0 radical (unpaired) electrons. The molecule has 3 aromatic rings. The van der Waals surface area contributed by atoms with Gasteiger partial charge in [0.2, 0.25) is 0 Å². The molecule has 0 saturated carbocycles. The molecule has 22 heavy (non-hydrogen) atoms. The van der Waals surface area contributed by atoms with Gasteiger partial charge in [-0.2, -0.15) is 0 Å². The van der Waals surface area contributed by atoms with Crippen molar-refractivity contribution in [2.45, 2.75) is 32.4 Å². The standard InChI is InChI=1S/C15H15FN6/c16-10-4-3-5-11-14(10)15(19-9-18-11)17-8-13-21-20-12-6-1-2-7-22(12)13/h3-5,9H,1-2,6-8H2,(H,17,18,19). The molecule has 4 rings (SSSR count). The van der Waals surface area contributed by atoms with Gasteiger partial charge in [-0.15, -0.1) is 10.2 Å². The SMILES string of the molecule is Fc1cccc2ncnc(NCc3nnc4n3CCCC4)c12. The van der Waals surface area contributed by atoms with Crippen molar-refractivity contribution in [3.8, 4) is 0 Å². The first kappa shape index (κ1) is 13.1. The second-order valence-corrected chi connectivity index (χ2v) is 5.35. The Bertz CT molecular complexity index is 823. The summed E-state index contributed by atoms with van der Waals surface area (Å²) in [5, 5.41) is 12.0. The number of aromatic nitrogens is 5. The third-order valence-electron chi connectivity index (χ3n) is 3.96. The Labute approximate surface area is 126 Å². The number of nitrogens with zero attached hydrogens (tertiary/aromatic N) is 5. The summed E-state index contributed by atoms with van der Waals surface area (Å²) >= 11 is 0. The molecule has 3 heterocycles. The molecule has 0 amide bonds. The summed E-state index contributed by atoms with van der Waals surface area (Å²) in [6.45, 7) is 1.41. The summed E-state index contributed by atoms with van der Waals surface area (Å²) < 4.78 is 16.2. The molecule has 0 aliphatic carbocycles. The lowest BCUT2D eigenvalue weighted by atomic mass is 10.1. The third-order valence-corrected chi connectivity index (χ3v) is 3.96. The highest BCUT2D eigenvalue weighted by Crippen LogP contribution is 2.23. The number of anilines is 1. The summed E-state index contributed by atoms with van der Waals surface area (Å²) in [6.07, 6.45) is 4.71. The maximum Gasteiger partial charge on any atom is 0.152 e. The Hall–Kier alpha value is -2.57. The number of aryl methyl sites for hydroxylation is 1. The lowest BCUT2D eigenvalue weighted by Crippen LogP contribution is -2.15. The lowest BCUT2D eigenvalue weighted by Gasteiger charge is -2.15. The van der Waals surface area contributed by atoms with Crippen LogP contribution in [0.25, 0.3) is 10.9 Å². The van der Waals surface area contributed by atoms with Gasteiger partial charge < -0.3 is 9.88 Å². The molecule has 0 spiro atoms. The van der Waals surface area contributed by atoms with Gasteiger partial charge in [0.15, 0.2) is 5.82 Å². The molecule has 112 valence electrons. The first-order valence-electron chi connectivity index (χ1n) is 7.37. The van der Waals surface area contributed by atoms with Gasteiger partial charge in [0.1, 0.15) is 23.8 Å². The van der Waals surface area contributed by atoms with E-state index in [1.54, 1.807) is 12.1 Å². The highest BCUT2D eigenvalue weighted by atomic mass is 19.1. The van der Waals surface area contributed by atoms with E-state index in [1.807, 2.05) is 0 Å². The fraction of sp³-hybridized carbons (Fsp3) is 0.333. The molecule has 0 bridgehead atoms. The van der Waals surface area contributed by atoms with E-state index in [2.05, 4.69) is 30.0 Å². The van der Waals surface area contributed by atoms with Crippen molar-refractivity contribution < 1.29 is 4.39 Å². The predicted molar refractivity (Wildman–Crippen MR) is 79.8 cm³/mol. The van der Waals surface area contributed by atoms with Crippen LogP contribution in [-0.2, 0) is 19.5 Å². The smallest absolute Gasteiger partial charge is 0.152 e. The van der Waals surface area contributed by atoms with Gasteiger partial charge in [0.05, 0.1) is 17.4 Å². The van der Waals surface area contributed by atoms with Crippen molar-refractivity contribution in [1.82, 2.24) is 24.7 Å². The van der Waals surface area contributed by atoms with E-state index in [9.17, 15) is 4.39 Å². The summed E-state index contributed by atoms with van der Waals surface area (Å²) in [4.78, 5) is 8.25. The summed E-state index contributed by atoms with van der Waals surface area (Å²) in [6, 6.07) is 4.82. The molecule has 1 aliphatic rings. The first-order chi connectivity index (χ1) is 10.8. The van der Waals surface area contributed by atoms with Crippen LogP contribution in [0, 0.1) is 5.82 Å². The minimum atomic E-state index is -0.330. The van der Waals surface area contributed by atoms with E-state index in [0.29, 0.717) is 23.3 Å². The van der Waals surface area contributed by atoms with Crippen molar-refractivity contribution in [3.05, 3.63) is 42.0 Å². The first-order valence-corrected chi connectivity index (χ1v) is 7.37. The highest BCUT2D eigenvalue weighted by Gasteiger charge is 2.16. The van der Waals surface area contributed by atoms with Crippen molar-refractivity contribution in [3.63, 3.8) is 0 Å². The topological polar surface area (TPSA) is 68.5 Å². The van der Waals surface area contributed by atoms with Crippen LogP contribution in [0.3, 0.4) is 0 Å². The Morgan fingerprint density at radius 1 is 1.18 bits per heavy atom. The number of fused-ring (bicyclic) bond motifs is 2. The molecule has 2 aromatic heterocycles. The number of halogens is 1. The average molecular weight is 298 g/mol. The van der Waals surface area contributed by atoms with Crippen LogP contribution < -0.4 is 5.32 Å². The molecule has 0 unspecified atom stereocenters. The maximum atomic E-state index is 14.0. The van der Waals surface area contributed by atoms with Gasteiger partial charge in [-0.3, -0.25) is 0 Å². The molecular formula is C15H15FN6. The van der Waals surface area contributed by atoms with Gasteiger partial charge in [-0.05, 0) is 25.0 Å². The van der Waals surface area contributed by atoms with Crippen molar-refractivity contribution in [1.29, 1.82) is 0 Å². The molecule has 7 heteroatoms. The largest absolute Gasteiger partial charge is 0.362 e. The van der Waals surface area contributed by atoms with E-state index < -0.39 is 0 Å². The fourth-order valence-corrected chi connectivity index (χ4v) is 2.86. The van der Waals surface area contributed by atoms with Crippen LogP contribution in [0.2, 0.25) is 0 Å². The van der Waals surface area contributed by atoms with Crippen LogP contribution in [0.5, 0.6) is 0 Å². The van der Waals surface area contributed by atoms with E-state index >= 15 is 0 Å². The zero-order valence-corrected chi connectivity index (χ0v) is 12.0. The molecule has 0 saturated heterocycles. The second-order valence-electron chi connectivity index (χ2n) is 5.35. The zero-order chi connectivity index (χ0) is 14.9. The molecule has 1 aromatic carbocycles. The van der Waals surface area contributed by atoms with E-state index in [4.69, 9.17) is 0 Å². The Morgan fingerprint density at radius 2 is 2.14 bits per heavy atom. The van der Waals surface area contributed by atoms with Gasteiger partial charge in [0, 0.05) is 13.0 Å². The minimum Gasteiger partial charge on any atom is -0.362 e. The molecule has 1 N–H and O–H groups in total. The Balaban J connectivity index is 1.63. The highest BCUT2D eigenvalue weighted by molar-refractivity contribution is 5.89. The van der Waals surface area contributed by atoms with Crippen molar-refractivity contribution in [2.24, 2.45) is 0 Å². The summed E-state index contributed by atoms with van der Waals surface area (Å²) in [5.74, 6) is 2.04. The molecule has 1 aliphatic heterocycles. The van der Waals surface area contributed by atoms with Crippen LogP contribution in [0.15, 0.2) is 24.5 Å². The van der Waals surface area contributed by atoms with Crippen molar-refractivity contribution in [2.75, 3.05) is 5.32 Å². The van der Waals surface area contributed by atoms with Crippen LogP contribution in [0.1, 0.15) is 24.5 Å². The number of hydrogen-bond acceptors (Lipinski definition) is 5. The average Bonchev–Trinajstić information content (AvgIpc) is 2.96. The maximum absolute atomic E-state index is 14.0. The number of rotatable bonds is 3. The normalized spacial score (nSPS) is 14.0.